The molecule has 1 aliphatic rings. The third kappa shape index (κ3) is 10.2. The molecule has 0 saturated heterocycles. The predicted octanol–water partition coefficient (Wildman–Crippen LogP) is 2.51. The molecule has 0 bridgehead atoms. The fourth-order valence-corrected chi connectivity index (χ4v) is 2.01. The fraction of sp³-hybridized carbons (Fsp3) is 0.875. The number of amides is 1. The lowest BCUT2D eigenvalue weighted by molar-refractivity contribution is -0.122. The van der Waals surface area contributed by atoms with Gasteiger partial charge in [-0.25, -0.2) is 0 Å². The second-order valence-corrected chi connectivity index (χ2v) is 7.21. The minimum absolute atomic E-state index is 0. The summed E-state index contributed by atoms with van der Waals surface area (Å²) in [6.45, 7) is 10.3. The topological polar surface area (TPSA) is 65.5 Å². The van der Waals surface area contributed by atoms with Gasteiger partial charge in [-0.1, -0.05) is 20.8 Å². The molecule has 0 spiro atoms. The van der Waals surface area contributed by atoms with Gasteiger partial charge in [0.15, 0.2) is 5.96 Å². The molecule has 0 heterocycles. The summed E-state index contributed by atoms with van der Waals surface area (Å²) in [6.07, 6.45) is 4.39. The summed E-state index contributed by atoms with van der Waals surface area (Å²) in [4.78, 5) is 15.7. The van der Waals surface area contributed by atoms with Crippen LogP contribution >= 0.6 is 24.0 Å². The molecular formula is C16H33IN4O. The van der Waals surface area contributed by atoms with Crippen LogP contribution < -0.4 is 16.0 Å². The lowest BCUT2D eigenvalue weighted by Gasteiger charge is -2.23. The molecule has 1 atom stereocenters. The van der Waals surface area contributed by atoms with E-state index in [1.807, 2.05) is 0 Å². The van der Waals surface area contributed by atoms with E-state index in [4.69, 9.17) is 0 Å². The van der Waals surface area contributed by atoms with Gasteiger partial charge in [0.05, 0.1) is 0 Å². The molecule has 1 amide bonds. The number of rotatable bonds is 7. The third-order valence-electron chi connectivity index (χ3n) is 3.60. The van der Waals surface area contributed by atoms with Gasteiger partial charge < -0.3 is 16.0 Å². The van der Waals surface area contributed by atoms with Crippen LogP contribution in [-0.4, -0.2) is 38.0 Å². The van der Waals surface area contributed by atoms with Gasteiger partial charge in [-0.05, 0) is 38.0 Å². The maximum absolute atomic E-state index is 11.5. The third-order valence-corrected chi connectivity index (χ3v) is 3.60. The molecule has 0 aromatic heterocycles. The van der Waals surface area contributed by atoms with Crippen LogP contribution in [0, 0.1) is 11.3 Å². The number of nitrogens with zero attached hydrogens (tertiary/aromatic N) is 1. The molecule has 1 rings (SSSR count). The summed E-state index contributed by atoms with van der Waals surface area (Å²) in [6, 6.07) is 0.386. The average molecular weight is 424 g/mol. The predicted molar refractivity (Wildman–Crippen MR) is 104 cm³/mol. The average Bonchev–Trinajstić information content (AvgIpc) is 3.23. The quantitative estimate of drug-likeness (QED) is 0.255. The Labute approximate surface area is 152 Å². The minimum atomic E-state index is 0. The Morgan fingerprint density at radius 2 is 1.82 bits per heavy atom. The van der Waals surface area contributed by atoms with Crippen molar-refractivity contribution in [1.29, 1.82) is 0 Å². The number of hydrogen-bond donors (Lipinski definition) is 3. The molecule has 3 N–H and O–H groups in total. The number of halogens is 1. The highest BCUT2D eigenvalue weighted by Gasteiger charge is 2.28. The van der Waals surface area contributed by atoms with Gasteiger partial charge in [-0.15, -0.1) is 24.0 Å². The van der Waals surface area contributed by atoms with Crippen molar-refractivity contribution in [2.45, 2.75) is 59.4 Å². The van der Waals surface area contributed by atoms with Gasteiger partial charge in [-0.2, -0.15) is 0 Å². The molecule has 130 valence electrons. The van der Waals surface area contributed by atoms with Gasteiger partial charge in [0.1, 0.15) is 0 Å². The molecule has 0 aromatic carbocycles. The number of hydrogen-bond acceptors (Lipinski definition) is 2. The van der Waals surface area contributed by atoms with Crippen molar-refractivity contribution >= 4 is 35.8 Å². The molecule has 0 radical (unpaired) electrons. The fourth-order valence-electron chi connectivity index (χ4n) is 2.01. The maximum atomic E-state index is 11.5. The smallest absolute Gasteiger partial charge is 0.223 e. The summed E-state index contributed by atoms with van der Waals surface area (Å²) in [5.74, 6) is 1.27. The van der Waals surface area contributed by atoms with Crippen molar-refractivity contribution in [1.82, 2.24) is 16.0 Å². The van der Waals surface area contributed by atoms with Crippen LogP contribution in [-0.2, 0) is 4.79 Å². The Balaban J connectivity index is 0.00000441. The van der Waals surface area contributed by atoms with Gasteiger partial charge in [-0.3, -0.25) is 9.79 Å². The van der Waals surface area contributed by atoms with Crippen molar-refractivity contribution < 1.29 is 4.79 Å². The Kier molecular flexibility index (Phi) is 10.0. The summed E-state index contributed by atoms with van der Waals surface area (Å²) in [5.41, 5.74) is 0.361. The van der Waals surface area contributed by atoms with Crippen LogP contribution in [0.15, 0.2) is 4.99 Å². The van der Waals surface area contributed by atoms with Gasteiger partial charge in [0.25, 0.3) is 0 Å². The van der Waals surface area contributed by atoms with Gasteiger partial charge in [0, 0.05) is 32.1 Å². The summed E-state index contributed by atoms with van der Waals surface area (Å²) in [5, 5.41) is 9.56. The first kappa shape index (κ1) is 21.5. The van der Waals surface area contributed by atoms with Crippen molar-refractivity contribution in [2.24, 2.45) is 16.3 Å². The number of nitrogens with one attached hydrogen (secondary N) is 3. The van der Waals surface area contributed by atoms with Gasteiger partial charge >= 0.3 is 0 Å². The first-order chi connectivity index (χ1) is 9.81. The number of guanidine groups is 1. The van der Waals surface area contributed by atoms with Crippen LogP contribution in [0.25, 0.3) is 0 Å². The van der Waals surface area contributed by atoms with E-state index in [9.17, 15) is 4.79 Å². The normalized spacial score (nSPS) is 16.5. The largest absolute Gasteiger partial charge is 0.355 e. The van der Waals surface area contributed by atoms with Crippen molar-refractivity contribution in [3.05, 3.63) is 0 Å². The summed E-state index contributed by atoms with van der Waals surface area (Å²) >= 11 is 0. The molecule has 1 unspecified atom stereocenters. The Morgan fingerprint density at radius 1 is 1.23 bits per heavy atom. The first-order valence-corrected chi connectivity index (χ1v) is 8.07. The number of carbonyl (C=O) groups is 1. The second-order valence-electron chi connectivity index (χ2n) is 7.21. The van der Waals surface area contributed by atoms with Crippen molar-refractivity contribution in [3.8, 4) is 0 Å². The maximum Gasteiger partial charge on any atom is 0.223 e. The number of carbonyl (C=O) groups excluding carboxylic acids is 1. The van der Waals surface area contributed by atoms with Crippen molar-refractivity contribution in [2.75, 3.05) is 20.1 Å². The standard InChI is InChI=1S/C16H32N4O.HI/c1-12(8-9-16(2,3)4)20-15(17-5)19-11-10-18-14(21)13-6-7-13;/h12-13H,6-11H2,1-5H3,(H,18,21)(H2,17,19,20);1H. The van der Waals surface area contributed by atoms with E-state index in [1.165, 1.54) is 6.42 Å². The molecule has 0 aromatic rings. The second kappa shape index (κ2) is 10.3. The zero-order valence-electron chi connectivity index (χ0n) is 14.7. The molecule has 22 heavy (non-hydrogen) atoms. The number of aliphatic imine (C=N–C) groups is 1. The lowest BCUT2D eigenvalue weighted by atomic mass is 9.89. The molecule has 5 nitrogen and oxygen atoms in total. The SMILES string of the molecule is CN=C(NCCNC(=O)C1CC1)NC(C)CCC(C)(C)C.I. The zero-order chi connectivity index (χ0) is 15.9. The monoisotopic (exact) mass is 424 g/mol. The minimum Gasteiger partial charge on any atom is -0.355 e. The lowest BCUT2D eigenvalue weighted by Crippen LogP contribution is -2.45. The highest BCUT2D eigenvalue weighted by molar-refractivity contribution is 14.0. The molecule has 6 heteroatoms. The van der Waals surface area contributed by atoms with E-state index in [0.717, 1.165) is 25.2 Å². The van der Waals surface area contributed by atoms with Crippen LogP contribution in [0.5, 0.6) is 0 Å². The van der Waals surface area contributed by atoms with Crippen LogP contribution in [0.3, 0.4) is 0 Å². The highest BCUT2D eigenvalue weighted by Crippen LogP contribution is 2.28. The molecular weight excluding hydrogens is 391 g/mol. The zero-order valence-corrected chi connectivity index (χ0v) is 17.0. The molecule has 0 aliphatic heterocycles. The van der Waals surface area contributed by atoms with E-state index in [-0.39, 0.29) is 35.8 Å². The Bertz CT molecular complexity index is 362. The van der Waals surface area contributed by atoms with E-state index >= 15 is 0 Å². The highest BCUT2D eigenvalue weighted by atomic mass is 127. The van der Waals surface area contributed by atoms with Crippen LogP contribution in [0.2, 0.25) is 0 Å². The summed E-state index contributed by atoms with van der Waals surface area (Å²) < 4.78 is 0. The van der Waals surface area contributed by atoms with E-state index in [0.29, 0.717) is 24.5 Å². The van der Waals surface area contributed by atoms with Crippen LogP contribution in [0.4, 0.5) is 0 Å². The van der Waals surface area contributed by atoms with Crippen molar-refractivity contribution in [3.63, 3.8) is 0 Å². The Morgan fingerprint density at radius 3 is 2.32 bits per heavy atom. The van der Waals surface area contributed by atoms with Crippen LogP contribution in [0.1, 0.15) is 53.4 Å². The Hall–Kier alpha value is -0.530. The molecule has 1 aliphatic carbocycles. The van der Waals surface area contributed by atoms with E-state index < -0.39 is 0 Å². The molecule has 1 fully saturated rings. The molecule has 1 saturated carbocycles. The first-order valence-electron chi connectivity index (χ1n) is 8.07. The van der Waals surface area contributed by atoms with E-state index in [1.54, 1.807) is 7.05 Å². The van der Waals surface area contributed by atoms with Gasteiger partial charge in [0.2, 0.25) is 5.91 Å². The van der Waals surface area contributed by atoms with E-state index in [2.05, 4.69) is 48.6 Å². The summed E-state index contributed by atoms with van der Waals surface area (Å²) in [7, 11) is 1.77.